The first-order valence-electron chi connectivity index (χ1n) is 10.5. The summed E-state index contributed by atoms with van der Waals surface area (Å²) < 4.78 is 0. The maximum Gasteiger partial charge on any atom is 0.251 e. The molecule has 158 valence electrons. The summed E-state index contributed by atoms with van der Waals surface area (Å²) in [5.41, 5.74) is 1.73. The Labute approximate surface area is 170 Å². The van der Waals surface area contributed by atoms with Gasteiger partial charge >= 0.3 is 0 Å². The van der Waals surface area contributed by atoms with Gasteiger partial charge in [0.25, 0.3) is 5.91 Å². The van der Waals surface area contributed by atoms with Gasteiger partial charge in [-0.05, 0) is 55.7 Å². The molecule has 1 aromatic carbocycles. The first kappa shape index (κ1) is 24.0. The molecule has 6 heteroatoms. The van der Waals surface area contributed by atoms with E-state index in [1.807, 2.05) is 38.1 Å². The molecule has 0 heterocycles. The first-order chi connectivity index (χ1) is 13.5. The number of benzene rings is 1. The number of rotatable bonds is 12. The molecule has 0 aliphatic rings. The Balaban J connectivity index is 2.80. The summed E-state index contributed by atoms with van der Waals surface area (Å²) in [6.45, 7) is 11.3. The van der Waals surface area contributed by atoms with Crippen LogP contribution in [0.1, 0.15) is 69.3 Å². The minimum Gasteiger partial charge on any atom is -0.396 e. The number of carbonyl (C=O) groups is 1. The third-order valence-electron chi connectivity index (χ3n) is 5.26. The van der Waals surface area contributed by atoms with Crippen molar-refractivity contribution in [3.05, 3.63) is 35.4 Å². The Morgan fingerprint density at radius 1 is 1.11 bits per heavy atom. The van der Waals surface area contributed by atoms with E-state index in [9.17, 15) is 9.90 Å². The van der Waals surface area contributed by atoms with Crippen LogP contribution in [0.25, 0.3) is 0 Å². The predicted molar refractivity (Wildman–Crippen MR) is 117 cm³/mol. The molecule has 0 spiro atoms. The number of nitrogens with zero attached hydrogens (tertiary/aromatic N) is 1. The van der Waals surface area contributed by atoms with E-state index in [1.54, 1.807) is 0 Å². The third kappa shape index (κ3) is 7.89. The zero-order valence-electron chi connectivity index (χ0n) is 18.0. The van der Waals surface area contributed by atoms with Crippen molar-refractivity contribution in [2.45, 2.75) is 59.9 Å². The van der Waals surface area contributed by atoms with Crippen LogP contribution >= 0.6 is 0 Å². The number of hydrogen-bond donors (Lipinski definition) is 4. The van der Waals surface area contributed by atoms with Crippen molar-refractivity contribution in [2.24, 2.45) is 10.4 Å². The van der Waals surface area contributed by atoms with Crippen molar-refractivity contribution < 1.29 is 9.90 Å². The maximum absolute atomic E-state index is 12.1. The quantitative estimate of drug-likeness (QED) is 0.326. The number of aliphatic imine (C=N–C) groups is 1. The monoisotopic (exact) mass is 390 g/mol. The van der Waals surface area contributed by atoms with Gasteiger partial charge in [0.15, 0.2) is 5.96 Å². The fourth-order valence-corrected chi connectivity index (χ4v) is 3.11. The minimum atomic E-state index is -0.0441. The fraction of sp³-hybridized carbons (Fsp3) is 0.636. The van der Waals surface area contributed by atoms with Crippen molar-refractivity contribution in [1.29, 1.82) is 0 Å². The van der Waals surface area contributed by atoms with Gasteiger partial charge in [0.2, 0.25) is 0 Å². The normalized spacial score (nSPS) is 12.0. The van der Waals surface area contributed by atoms with Crippen molar-refractivity contribution in [3.8, 4) is 0 Å². The molecule has 1 rings (SSSR count). The molecule has 0 fully saturated rings. The third-order valence-corrected chi connectivity index (χ3v) is 5.26. The number of aliphatic hydroxyl groups excluding tert-OH is 1. The van der Waals surface area contributed by atoms with E-state index in [0.717, 1.165) is 50.3 Å². The Kier molecular flexibility index (Phi) is 11.3. The molecule has 0 saturated carbocycles. The molecule has 0 aromatic heterocycles. The van der Waals surface area contributed by atoms with Gasteiger partial charge in [0.1, 0.15) is 0 Å². The van der Waals surface area contributed by atoms with Gasteiger partial charge in [-0.2, -0.15) is 0 Å². The molecule has 4 N–H and O–H groups in total. The number of carbonyl (C=O) groups excluding carboxylic acids is 1. The average Bonchev–Trinajstić information content (AvgIpc) is 2.73. The van der Waals surface area contributed by atoms with E-state index < -0.39 is 0 Å². The number of amides is 1. The minimum absolute atomic E-state index is 0.0441. The summed E-state index contributed by atoms with van der Waals surface area (Å²) in [6, 6.07) is 7.60. The zero-order chi connectivity index (χ0) is 20.8. The largest absolute Gasteiger partial charge is 0.396 e. The van der Waals surface area contributed by atoms with E-state index >= 15 is 0 Å². The van der Waals surface area contributed by atoms with Gasteiger partial charge in [-0.3, -0.25) is 4.79 Å². The Hall–Kier alpha value is -2.08. The maximum atomic E-state index is 12.1. The molecule has 0 aliphatic heterocycles. The number of hydrogen-bond acceptors (Lipinski definition) is 3. The first-order valence-corrected chi connectivity index (χ1v) is 10.5. The number of nitrogens with one attached hydrogen (secondary N) is 3. The van der Waals surface area contributed by atoms with Crippen LogP contribution in [0.5, 0.6) is 0 Å². The average molecular weight is 391 g/mol. The van der Waals surface area contributed by atoms with Gasteiger partial charge < -0.3 is 21.1 Å². The Morgan fingerprint density at radius 2 is 1.86 bits per heavy atom. The number of guanidine groups is 1. The van der Waals surface area contributed by atoms with Crippen LogP contribution < -0.4 is 16.0 Å². The second-order valence-corrected chi connectivity index (χ2v) is 7.19. The number of aliphatic hydroxyl groups is 1. The summed E-state index contributed by atoms with van der Waals surface area (Å²) >= 11 is 0. The van der Waals surface area contributed by atoms with Gasteiger partial charge in [-0.15, -0.1) is 0 Å². The molecular formula is C22H38N4O2. The highest BCUT2D eigenvalue weighted by atomic mass is 16.3. The van der Waals surface area contributed by atoms with Crippen LogP contribution in [-0.4, -0.2) is 43.2 Å². The topological polar surface area (TPSA) is 85.8 Å². The molecule has 1 aromatic rings. The highest BCUT2D eigenvalue weighted by molar-refractivity contribution is 5.94. The van der Waals surface area contributed by atoms with E-state index in [2.05, 4.69) is 34.8 Å². The molecule has 6 nitrogen and oxygen atoms in total. The second-order valence-electron chi connectivity index (χ2n) is 7.19. The van der Waals surface area contributed by atoms with E-state index in [1.165, 1.54) is 0 Å². The highest BCUT2D eigenvalue weighted by Gasteiger charge is 2.25. The lowest BCUT2D eigenvalue weighted by molar-refractivity contribution is 0.0953. The summed E-state index contributed by atoms with van der Waals surface area (Å²) in [5, 5.41) is 19.0. The molecule has 0 unspecified atom stereocenters. The standard InChI is InChI=1S/C22H38N4O2/c1-5-13-24-20(28)19-11-9-10-18(15-19)16-25-21(23-8-4)26-17-22(6-2,7-3)12-14-27/h9-11,15,27H,5-8,12-14,16-17H2,1-4H3,(H,24,28)(H2,23,25,26). The predicted octanol–water partition coefficient (Wildman–Crippen LogP) is 3.07. The van der Waals surface area contributed by atoms with Crippen LogP contribution in [0.3, 0.4) is 0 Å². The molecule has 0 atom stereocenters. The molecule has 0 bridgehead atoms. The molecule has 28 heavy (non-hydrogen) atoms. The summed E-state index contributed by atoms with van der Waals surface area (Å²) in [5.74, 6) is 0.713. The van der Waals surface area contributed by atoms with Crippen LogP contribution in [0, 0.1) is 5.41 Å². The van der Waals surface area contributed by atoms with Crippen LogP contribution in [0.15, 0.2) is 29.3 Å². The SMILES string of the molecule is CCCNC(=O)c1cccc(CN=C(NCC)NCC(CC)(CC)CCO)c1. The van der Waals surface area contributed by atoms with E-state index in [0.29, 0.717) is 18.7 Å². The summed E-state index contributed by atoms with van der Waals surface area (Å²) in [4.78, 5) is 16.8. The molecule has 0 saturated heterocycles. The van der Waals surface area contributed by atoms with Crippen molar-refractivity contribution in [1.82, 2.24) is 16.0 Å². The van der Waals surface area contributed by atoms with Crippen LogP contribution in [-0.2, 0) is 6.54 Å². The summed E-state index contributed by atoms with van der Waals surface area (Å²) in [6.07, 6.45) is 3.71. The fourth-order valence-electron chi connectivity index (χ4n) is 3.11. The van der Waals surface area contributed by atoms with Gasteiger partial charge in [0, 0.05) is 31.8 Å². The van der Waals surface area contributed by atoms with Gasteiger partial charge in [0.05, 0.1) is 6.54 Å². The lowest BCUT2D eigenvalue weighted by Crippen LogP contribution is -2.43. The van der Waals surface area contributed by atoms with Crippen LogP contribution in [0.4, 0.5) is 0 Å². The van der Waals surface area contributed by atoms with Crippen molar-refractivity contribution >= 4 is 11.9 Å². The van der Waals surface area contributed by atoms with Gasteiger partial charge in [-0.25, -0.2) is 4.99 Å². The lowest BCUT2D eigenvalue weighted by Gasteiger charge is -2.32. The second kappa shape index (κ2) is 13.2. The molecule has 0 aliphatic carbocycles. The van der Waals surface area contributed by atoms with E-state index in [-0.39, 0.29) is 17.9 Å². The summed E-state index contributed by atoms with van der Waals surface area (Å²) in [7, 11) is 0. The molecule has 0 radical (unpaired) electrons. The van der Waals surface area contributed by atoms with Gasteiger partial charge in [-0.1, -0.05) is 32.9 Å². The van der Waals surface area contributed by atoms with Crippen LogP contribution in [0.2, 0.25) is 0 Å². The van der Waals surface area contributed by atoms with Crippen molar-refractivity contribution in [3.63, 3.8) is 0 Å². The Bertz CT molecular complexity index is 612. The highest BCUT2D eigenvalue weighted by Crippen LogP contribution is 2.29. The molecular weight excluding hydrogens is 352 g/mol. The van der Waals surface area contributed by atoms with Crippen molar-refractivity contribution in [2.75, 3.05) is 26.2 Å². The molecule has 1 amide bonds. The zero-order valence-corrected chi connectivity index (χ0v) is 18.0. The lowest BCUT2D eigenvalue weighted by atomic mass is 9.79. The van der Waals surface area contributed by atoms with E-state index in [4.69, 9.17) is 0 Å². The smallest absolute Gasteiger partial charge is 0.251 e. The Morgan fingerprint density at radius 3 is 2.46 bits per heavy atom.